The molecule has 1 fully saturated rings. The van der Waals surface area contributed by atoms with Crippen molar-refractivity contribution in [1.29, 1.82) is 0 Å². The topological polar surface area (TPSA) is 28.2 Å². The van der Waals surface area contributed by atoms with Gasteiger partial charge in [0.05, 0.1) is 11.2 Å². The normalized spacial score (nSPS) is 21.6. The number of thiazole rings is 1. The molecule has 1 aliphatic rings. The number of aromatic nitrogens is 1. The van der Waals surface area contributed by atoms with Gasteiger partial charge in [-0.2, -0.15) is 0 Å². The lowest BCUT2D eigenvalue weighted by molar-refractivity contribution is 0.135. The fourth-order valence-electron chi connectivity index (χ4n) is 2.56. The fraction of sp³-hybridized carbons (Fsp3) is 0.786. The fourth-order valence-corrected chi connectivity index (χ4v) is 3.11. The van der Waals surface area contributed by atoms with Gasteiger partial charge in [-0.25, -0.2) is 4.98 Å². The maximum atomic E-state index is 4.41. The summed E-state index contributed by atoms with van der Waals surface area (Å²) in [6, 6.07) is 0.694. The minimum atomic E-state index is 0.694. The van der Waals surface area contributed by atoms with Gasteiger partial charge >= 0.3 is 0 Å². The van der Waals surface area contributed by atoms with E-state index >= 15 is 0 Å². The van der Waals surface area contributed by atoms with E-state index in [0.29, 0.717) is 6.04 Å². The highest BCUT2D eigenvalue weighted by atomic mass is 32.1. The third-order valence-electron chi connectivity index (χ3n) is 3.53. The molecule has 4 heteroatoms. The molecule has 102 valence electrons. The van der Waals surface area contributed by atoms with Gasteiger partial charge in [0.1, 0.15) is 0 Å². The van der Waals surface area contributed by atoms with Crippen molar-refractivity contribution in [2.24, 2.45) is 5.92 Å². The van der Waals surface area contributed by atoms with E-state index in [0.717, 1.165) is 25.6 Å². The number of nitrogens with zero attached hydrogens (tertiary/aromatic N) is 2. The van der Waals surface area contributed by atoms with Crippen molar-refractivity contribution in [3.8, 4) is 0 Å². The Hall–Kier alpha value is -0.450. The monoisotopic (exact) mass is 267 g/mol. The van der Waals surface area contributed by atoms with E-state index in [2.05, 4.69) is 34.4 Å². The van der Waals surface area contributed by atoms with E-state index in [1.807, 2.05) is 5.51 Å². The summed E-state index contributed by atoms with van der Waals surface area (Å²) in [5.41, 5.74) is 3.17. The summed E-state index contributed by atoms with van der Waals surface area (Å²) in [5.74, 6) is 0.737. The first kappa shape index (κ1) is 14.0. The van der Waals surface area contributed by atoms with Gasteiger partial charge in [0.15, 0.2) is 0 Å². The molecule has 1 aliphatic heterocycles. The molecule has 0 spiro atoms. The Bertz CT molecular complexity index is 324. The van der Waals surface area contributed by atoms with Crippen LogP contribution in [0.5, 0.6) is 0 Å². The number of hydrogen-bond donors (Lipinski definition) is 1. The average molecular weight is 267 g/mol. The minimum absolute atomic E-state index is 0.694. The van der Waals surface area contributed by atoms with Crippen LogP contribution in [0.15, 0.2) is 10.9 Å². The highest BCUT2D eigenvalue weighted by molar-refractivity contribution is 7.07. The Balaban J connectivity index is 1.81. The molecule has 0 aromatic carbocycles. The summed E-state index contributed by atoms with van der Waals surface area (Å²) in [6.07, 6.45) is 4.04. The first-order valence-electron chi connectivity index (χ1n) is 7.07. The zero-order valence-electron chi connectivity index (χ0n) is 11.6. The number of rotatable bonds is 6. The molecule has 0 bridgehead atoms. The molecule has 0 amide bonds. The Kier molecular flexibility index (Phi) is 5.60. The second-order valence-electron chi connectivity index (χ2n) is 5.65. The summed E-state index contributed by atoms with van der Waals surface area (Å²) >= 11 is 1.70. The Morgan fingerprint density at radius 1 is 1.50 bits per heavy atom. The van der Waals surface area contributed by atoms with Crippen LogP contribution in [0.25, 0.3) is 0 Å². The lowest BCUT2D eigenvalue weighted by Gasteiger charge is -2.35. The third-order valence-corrected chi connectivity index (χ3v) is 4.17. The van der Waals surface area contributed by atoms with Crippen LogP contribution in [0.3, 0.4) is 0 Å². The molecule has 0 saturated carbocycles. The smallest absolute Gasteiger partial charge is 0.0795 e. The molecule has 1 aromatic rings. The van der Waals surface area contributed by atoms with E-state index in [9.17, 15) is 0 Å². The van der Waals surface area contributed by atoms with Crippen LogP contribution in [0.2, 0.25) is 0 Å². The number of likely N-dealkylation sites (tertiary alicyclic amines) is 1. The Morgan fingerprint density at radius 2 is 2.39 bits per heavy atom. The quantitative estimate of drug-likeness (QED) is 0.859. The molecule has 2 rings (SSSR count). The molecule has 18 heavy (non-hydrogen) atoms. The van der Waals surface area contributed by atoms with Gasteiger partial charge < -0.3 is 5.32 Å². The Morgan fingerprint density at radius 3 is 3.11 bits per heavy atom. The highest BCUT2D eigenvalue weighted by Crippen LogP contribution is 2.19. The zero-order chi connectivity index (χ0) is 12.8. The van der Waals surface area contributed by atoms with Crippen LogP contribution in [0, 0.1) is 5.92 Å². The number of nitrogens with one attached hydrogen (secondary N) is 1. The summed E-state index contributed by atoms with van der Waals surface area (Å²) in [5, 5.41) is 5.78. The molecule has 1 saturated heterocycles. The van der Waals surface area contributed by atoms with Gasteiger partial charge in [0.2, 0.25) is 0 Å². The summed E-state index contributed by atoms with van der Waals surface area (Å²) in [4.78, 5) is 7.01. The maximum Gasteiger partial charge on any atom is 0.0795 e. The molecule has 0 radical (unpaired) electrons. The van der Waals surface area contributed by atoms with Gasteiger partial charge in [-0.3, -0.25) is 4.90 Å². The summed E-state index contributed by atoms with van der Waals surface area (Å²) in [6.45, 7) is 9.04. The van der Waals surface area contributed by atoms with Crippen molar-refractivity contribution in [3.63, 3.8) is 0 Å². The molecule has 1 atom stereocenters. The van der Waals surface area contributed by atoms with Crippen LogP contribution < -0.4 is 5.32 Å². The summed E-state index contributed by atoms with van der Waals surface area (Å²) < 4.78 is 0. The van der Waals surface area contributed by atoms with E-state index in [4.69, 9.17) is 0 Å². The van der Waals surface area contributed by atoms with Crippen LogP contribution in [-0.2, 0) is 6.54 Å². The van der Waals surface area contributed by atoms with Crippen LogP contribution >= 0.6 is 11.3 Å². The van der Waals surface area contributed by atoms with Crippen molar-refractivity contribution in [1.82, 2.24) is 15.2 Å². The van der Waals surface area contributed by atoms with E-state index < -0.39 is 0 Å². The predicted molar refractivity (Wildman–Crippen MR) is 77.9 cm³/mol. The minimum Gasteiger partial charge on any atom is -0.315 e. The van der Waals surface area contributed by atoms with E-state index in [-0.39, 0.29) is 0 Å². The van der Waals surface area contributed by atoms with Crippen LogP contribution in [0.1, 0.15) is 38.8 Å². The molecular weight excluding hydrogens is 242 g/mol. The molecule has 2 heterocycles. The van der Waals surface area contributed by atoms with Gasteiger partial charge in [-0.1, -0.05) is 20.3 Å². The average Bonchev–Trinajstić information content (AvgIpc) is 2.84. The SMILES string of the molecule is CC(C)CNCC1CCCCN1Cc1cscn1. The molecule has 1 unspecified atom stereocenters. The van der Waals surface area contributed by atoms with Gasteiger partial charge in [0.25, 0.3) is 0 Å². The second-order valence-corrected chi connectivity index (χ2v) is 6.37. The van der Waals surface area contributed by atoms with Crippen LogP contribution in [0.4, 0.5) is 0 Å². The third kappa shape index (κ3) is 4.34. The molecule has 1 N–H and O–H groups in total. The van der Waals surface area contributed by atoms with E-state index in [1.54, 1.807) is 11.3 Å². The second kappa shape index (κ2) is 7.22. The van der Waals surface area contributed by atoms with Crippen molar-refractivity contribution in [2.45, 2.75) is 45.7 Å². The van der Waals surface area contributed by atoms with Crippen molar-refractivity contribution < 1.29 is 0 Å². The van der Waals surface area contributed by atoms with Crippen molar-refractivity contribution in [3.05, 3.63) is 16.6 Å². The maximum absolute atomic E-state index is 4.41. The van der Waals surface area contributed by atoms with Gasteiger partial charge in [0, 0.05) is 24.5 Å². The van der Waals surface area contributed by atoms with Gasteiger partial charge in [-0.15, -0.1) is 11.3 Å². The standard InChI is InChI=1S/C14H25N3S/c1-12(2)7-15-8-14-5-3-4-6-17(14)9-13-10-18-11-16-13/h10-12,14-15H,3-9H2,1-2H3. The summed E-state index contributed by atoms with van der Waals surface area (Å²) in [7, 11) is 0. The molecular formula is C14H25N3S. The molecule has 3 nitrogen and oxygen atoms in total. The lowest BCUT2D eigenvalue weighted by Crippen LogP contribution is -2.45. The number of hydrogen-bond acceptors (Lipinski definition) is 4. The van der Waals surface area contributed by atoms with E-state index in [1.165, 1.54) is 31.5 Å². The lowest BCUT2D eigenvalue weighted by atomic mass is 10.0. The first-order chi connectivity index (χ1) is 8.75. The zero-order valence-corrected chi connectivity index (χ0v) is 12.4. The van der Waals surface area contributed by atoms with Crippen LogP contribution in [-0.4, -0.2) is 35.6 Å². The number of piperidine rings is 1. The highest BCUT2D eigenvalue weighted by Gasteiger charge is 2.22. The van der Waals surface area contributed by atoms with Gasteiger partial charge in [-0.05, 0) is 31.8 Å². The predicted octanol–water partition coefficient (Wildman–Crippen LogP) is 2.74. The largest absolute Gasteiger partial charge is 0.315 e. The van der Waals surface area contributed by atoms with Crippen molar-refractivity contribution in [2.75, 3.05) is 19.6 Å². The van der Waals surface area contributed by atoms with Crippen molar-refractivity contribution >= 4 is 11.3 Å². The first-order valence-corrected chi connectivity index (χ1v) is 8.02. The Labute approximate surface area is 115 Å². The molecule has 0 aliphatic carbocycles. The molecule has 1 aromatic heterocycles.